The fourth-order valence-corrected chi connectivity index (χ4v) is 2.98. The summed E-state index contributed by atoms with van der Waals surface area (Å²) in [6.45, 7) is 2.45. The van der Waals surface area contributed by atoms with Crippen LogP contribution in [0.15, 0.2) is 54.6 Å². The van der Waals surface area contributed by atoms with Crippen molar-refractivity contribution in [3.05, 3.63) is 65.7 Å². The third kappa shape index (κ3) is 3.90. The maximum absolute atomic E-state index is 12.3. The van der Waals surface area contributed by atoms with E-state index in [2.05, 4.69) is 34.5 Å². The fourth-order valence-electron chi connectivity index (χ4n) is 2.98. The summed E-state index contributed by atoms with van der Waals surface area (Å²) in [7, 11) is 0. The lowest BCUT2D eigenvalue weighted by Gasteiger charge is -2.34. The highest BCUT2D eigenvalue weighted by Gasteiger charge is 2.21. The normalized spacial score (nSPS) is 15.4. The number of nitrogens with two attached hydrogens (primary N) is 1. The maximum atomic E-state index is 12.3. The van der Waals surface area contributed by atoms with Crippen LogP contribution in [0.5, 0.6) is 0 Å². The molecule has 2 aromatic carbocycles. The van der Waals surface area contributed by atoms with Crippen molar-refractivity contribution in [2.75, 3.05) is 18.0 Å². The monoisotopic (exact) mass is 309 g/mol. The lowest BCUT2D eigenvalue weighted by Crippen LogP contribution is -2.44. The standard InChI is InChI=1S/C19H23N3O/c20-14-15-6-8-16(9-7-15)19(23)21-17-10-12-22(13-11-17)18-4-2-1-3-5-18/h1-9,17H,10-14,20H2,(H,21,23). The number of carbonyl (C=O) groups excluding carboxylic acids is 1. The van der Waals surface area contributed by atoms with Crippen LogP contribution in [0.4, 0.5) is 5.69 Å². The number of hydrogen-bond acceptors (Lipinski definition) is 3. The number of anilines is 1. The van der Waals surface area contributed by atoms with Crippen LogP contribution in [-0.2, 0) is 6.54 Å². The molecule has 120 valence electrons. The Bertz CT molecular complexity index is 631. The van der Waals surface area contributed by atoms with Gasteiger partial charge in [0.25, 0.3) is 5.91 Å². The number of para-hydroxylation sites is 1. The predicted molar refractivity (Wildman–Crippen MR) is 93.5 cm³/mol. The lowest BCUT2D eigenvalue weighted by molar-refractivity contribution is 0.0931. The molecule has 23 heavy (non-hydrogen) atoms. The number of carbonyl (C=O) groups is 1. The first-order chi connectivity index (χ1) is 11.3. The highest BCUT2D eigenvalue weighted by molar-refractivity contribution is 5.94. The van der Waals surface area contributed by atoms with E-state index >= 15 is 0 Å². The van der Waals surface area contributed by atoms with Gasteiger partial charge in [0.05, 0.1) is 0 Å². The number of nitrogens with zero attached hydrogens (tertiary/aromatic N) is 1. The van der Waals surface area contributed by atoms with E-state index in [1.807, 2.05) is 30.3 Å². The van der Waals surface area contributed by atoms with Gasteiger partial charge in [0.15, 0.2) is 0 Å². The molecule has 0 spiro atoms. The molecule has 3 rings (SSSR count). The van der Waals surface area contributed by atoms with Gasteiger partial charge in [-0.15, -0.1) is 0 Å². The number of piperidine rings is 1. The van der Waals surface area contributed by atoms with Gasteiger partial charge < -0.3 is 16.0 Å². The Labute approximate surface area is 137 Å². The van der Waals surface area contributed by atoms with Crippen molar-refractivity contribution in [1.82, 2.24) is 5.32 Å². The van der Waals surface area contributed by atoms with E-state index in [1.165, 1.54) is 5.69 Å². The summed E-state index contributed by atoms with van der Waals surface area (Å²) in [6.07, 6.45) is 1.95. The molecular weight excluding hydrogens is 286 g/mol. The van der Waals surface area contributed by atoms with E-state index in [0.29, 0.717) is 12.1 Å². The third-order valence-corrected chi connectivity index (χ3v) is 4.40. The van der Waals surface area contributed by atoms with Gasteiger partial charge in [-0.3, -0.25) is 4.79 Å². The first-order valence-corrected chi connectivity index (χ1v) is 8.16. The number of rotatable bonds is 4. The van der Waals surface area contributed by atoms with Gasteiger partial charge in [-0.2, -0.15) is 0 Å². The quantitative estimate of drug-likeness (QED) is 0.912. The first-order valence-electron chi connectivity index (χ1n) is 8.16. The Balaban J connectivity index is 1.53. The molecule has 1 heterocycles. The second-order valence-electron chi connectivity index (χ2n) is 5.97. The Hall–Kier alpha value is -2.33. The van der Waals surface area contributed by atoms with Crippen molar-refractivity contribution in [1.29, 1.82) is 0 Å². The summed E-state index contributed by atoms with van der Waals surface area (Å²) < 4.78 is 0. The highest BCUT2D eigenvalue weighted by Crippen LogP contribution is 2.19. The third-order valence-electron chi connectivity index (χ3n) is 4.40. The Morgan fingerprint density at radius 1 is 1.04 bits per heavy atom. The smallest absolute Gasteiger partial charge is 0.251 e. The summed E-state index contributed by atoms with van der Waals surface area (Å²) in [5.41, 5.74) is 8.58. The van der Waals surface area contributed by atoms with Crippen molar-refractivity contribution in [3.63, 3.8) is 0 Å². The van der Waals surface area contributed by atoms with E-state index in [-0.39, 0.29) is 11.9 Å². The number of nitrogens with one attached hydrogen (secondary N) is 1. The minimum Gasteiger partial charge on any atom is -0.371 e. The van der Waals surface area contributed by atoms with Gasteiger partial charge in [-0.1, -0.05) is 30.3 Å². The SMILES string of the molecule is NCc1ccc(C(=O)NC2CCN(c3ccccc3)CC2)cc1. The number of benzene rings is 2. The average molecular weight is 309 g/mol. The Morgan fingerprint density at radius 2 is 1.70 bits per heavy atom. The van der Waals surface area contributed by atoms with Gasteiger partial charge >= 0.3 is 0 Å². The summed E-state index contributed by atoms with van der Waals surface area (Å²) in [4.78, 5) is 14.7. The fraction of sp³-hybridized carbons (Fsp3) is 0.316. The molecule has 1 saturated heterocycles. The summed E-state index contributed by atoms with van der Waals surface area (Å²) in [5.74, 6) is 0.00623. The van der Waals surface area contributed by atoms with E-state index in [9.17, 15) is 4.79 Å². The van der Waals surface area contributed by atoms with Gasteiger partial charge in [-0.05, 0) is 42.7 Å². The number of amides is 1. The van der Waals surface area contributed by atoms with Crippen LogP contribution in [0.3, 0.4) is 0 Å². The van der Waals surface area contributed by atoms with Crippen molar-refractivity contribution in [2.45, 2.75) is 25.4 Å². The topological polar surface area (TPSA) is 58.4 Å². The van der Waals surface area contributed by atoms with E-state index in [1.54, 1.807) is 0 Å². The molecule has 0 saturated carbocycles. The molecule has 1 aliphatic rings. The molecule has 0 atom stereocenters. The molecule has 1 aliphatic heterocycles. The molecule has 3 N–H and O–H groups in total. The second-order valence-corrected chi connectivity index (χ2v) is 5.97. The molecular formula is C19H23N3O. The van der Waals surface area contributed by atoms with Crippen molar-refractivity contribution in [2.24, 2.45) is 5.73 Å². The molecule has 0 bridgehead atoms. The predicted octanol–water partition coefficient (Wildman–Crippen LogP) is 2.54. The van der Waals surface area contributed by atoms with Crippen LogP contribution in [0.1, 0.15) is 28.8 Å². The van der Waals surface area contributed by atoms with Crippen molar-refractivity contribution < 1.29 is 4.79 Å². The van der Waals surface area contributed by atoms with E-state index in [0.717, 1.165) is 31.5 Å². The van der Waals surface area contributed by atoms with Gasteiger partial charge in [-0.25, -0.2) is 0 Å². The largest absolute Gasteiger partial charge is 0.371 e. The van der Waals surface area contributed by atoms with Crippen LogP contribution < -0.4 is 16.0 Å². The van der Waals surface area contributed by atoms with Crippen LogP contribution in [0.25, 0.3) is 0 Å². The molecule has 0 aliphatic carbocycles. The minimum atomic E-state index is 0.00623. The molecule has 0 unspecified atom stereocenters. The minimum absolute atomic E-state index is 0.00623. The van der Waals surface area contributed by atoms with Crippen LogP contribution in [-0.4, -0.2) is 25.0 Å². The molecule has 1 fully saturated rings. The van der Waals surface area contributed by atoms with Gasteiger partial charge in [0.1, 0.15) is 0 Å². The maximum Gasteiger partial charge on any atom is 0.251 e. The summed E-state index contributed by atoms with van der Waals surface area (Å²) in [5, 5.41) is 3.15. The Kier molecular flexibility index (Phi) is 4.93. The van der Waals surface area contributed by atoms with Gasteiger partial charge in [0, 0.05) is 36.9 Å². The molecule has 2 aromatic rings. The highest BCUT2D eigenvalue weighted by atomic mass is 16.1. The molecule has 4 heteroatoms. The molecule has 0 radical (unpaired) electrons. The average Bonchev–Trinajstić information content (AvgIpc) is 2.63. The van der Waals surface area contributed by atoms with Crippen LogP contribution >= 0.6 is 0 Å². The molecule has 0 aromatic heterocycles. The lowest BCUT2D eigenvalue weighted by atomic mass is 10.0. The second kappa shape index (κ2) is 7.29. The zero-order chi connectivity index (χ0) is 16.1. The van der Waals surface area contributed by atoms with Crippen molar-refractivity contribution >= 4 is 11.6 Å². The van der Waals surface area contributed by atoms with Crippen LogP contribution in [0.2, 0.25) is 0 Å². The number of hydrogen-bond donors (Lipinski definition) is 2. The zero-order valence-corrected chi connectivity index (χ0v) is 13.2. The van der Waals surface area contributed by atoms with E-state index < -0.39 is 0 Å². The van der Waals surface area contributed by atoms with Crippen molar-refractivity contribution in [3.8, 4) is 0 Å². The van der Waals surface area contributed by atoms with Crippen LogP contribution in [0, 0.1) is 0 Å². The summed E-state index contributed by atoms with van der Waals surface area (Å²) in [6, 6.07) is 18.2. The molecule has 4 nitrogen and oxygen atoms in total. The summed E-state index contributed by atoms with van der Waals surface area (Å²) >= 11 is 0. The Morgan fingerprint density at radius 3 is 2.30 bits per heavy atom. The van der Waals surface area contributed by atoms with E-state index in [4.69, 9.17) is 5.73 Å². The molecule has 1 amide bonds. The van der Waals surface area contributed by atoms with Gasteiger partial charge in [0.2, 0.25) is 0 Å². The first kappa shape index (κ1) is 15.6. The zero-order valence-electron chi connectivity index (χ0n) is 13.2.